The second kappa shape index (κ2) is 2.67. The van der Waals surface area contributed by atoms with Crippen molar-refractivity contribution >= 4 is 23.2 Å². The van der Waals surface area contributed by atoms with Crippen LogP contribution in [-0.2, 0) is 0 Å². The van der Waals surface area contributed by atoms with Crippen LogP contribution in [0.25, 0.3) is 5.78 Å². The molecule has 0 unspecified atom stereocenters. The van der Waals surface area contributed by atoms with Gasteiger partial charge in [0.15, 0.2) is 0 Å². The topological polar surface area (TPSA) is 93.0 Å². The van der Waals surface area contributed by atoms with E-state index in [-0.39, 0.29) is 16.7 Å². The summed E-state index contributed by atoms with van der Waals surface area (Å²) in [5, 5.41) is 14.8. The number of rotatable bonds is 1. The molecule has 0 bridgehead atoms. The van der Waals surface area contributed by atoms with E-state index >= 15 is 0 Å². The average Bonchev–Trinajstić information content (AvgIpc) is 2.45. The highest BCUT2D eigenvalue weighted by molar-refractivity contribution is 6.32. The molecule has 2 aromatic rings. The van der Waals surface area contributed by atoms with Crippen molar-refractivity contribution in [2.24, 2.45) is 5.73 Å². The highest BCUT2D eigenvalue weighted by Crippen LogP contribution is 2.15. The summed E-state index contributed by atoms with van der Waals surface area (Å²) in [6.45, 7) is 0. The standard InChI is InChI=1S/C6H5ClN6/c7-4-3(5(8)9)11-6-12-10-1-2-13(4)6/h1-2H,(H3,8,9). The number of hydrogen-bond donors (Lipinski definition) is 2. The first kappa shape index (κ1) is 7.93. The normalized spacial score (nSPS) is 10.5. The van der Waals surface area contributed by atoms with Crippen LogP contribution in [0.4, 0.5) is 0 Å². The van der Waals surface area contributed by atoms with Crippen LogP contribution in [0, 0.1) is 5.41 Å². The maximum atomic E-state index is 7.18. The van der Waals surface area contributed by atoms with Gasteiger partial charge in [-0.1, -0.05) is 11.6 Å². The molecule has 0 radical (unpaired) electrons. The fraction of sp³-hybridized carbons (Fsp3) is 0. The molecule has 3 N–H and O–H groups in total. The molecule has 0 saturated heterocycles. The van der Waals surface area contributed by atoms with Crippen LogP contribution in [-0.4, -0.2) is 25.4 Å². The fourth-order valence-electron chi connectivity index (χ4n) is 0.957. The van der Waals surface area contributed by atoms with Crippen LogP contribution in [0.3, 0.4) is 0 Å². The number of imidazole rings is 1. The van der Waals surface area contributed by atoms with E-state index in [0.29, 0.717) is 5.78 Å². The van der Waals surface area contributed by atoms with Gasteiger partial charge in [-0.2, -0.15) is 5.10 Å². The Labute approximate surface area is 77.9 Å². The van der Waals surface area contributed by atoms with Gasteiger partial charge in [0, 0.05) is 6.20 Å². The smallest absolute Gasteiger partial charge is 0.255 e. The second-order valence-electron chi connectivity index (χ2n) is 2.35. The zero-order valence-corrected chi connectivity index (χ0v) is 7.15. The number of nitrogens with two attached hydrogens (primary N) is 1. The van der Waals surface area contributed by atoms with E-state index in [1.54, 1.807) is 6.20 Å². The molecule has 0 atom stereocenters. The largest absolute Gasteiger partial charge is 0.382 e. The lowest BCUT2D eigenvalue weighted by atomic mass is 10.4. The quantitative estimate of drug-likeness (QED) is 0.498. The first-order valence-corrected chi connectivity index (χ1v) is 3.77. The Morgan fingerprint density at radius 1 is 1.62 bits per heavy atom. The van der Waals surface area contributed by atoms with E-state index in [2.05, 4.69) is 15.2 Å². The molecule has 0 amide bonds. The van der Waals surface area contributed by atoms with E-state index in [0.717, 1.165) is 0 Å². The molecule has 2 heterocycles. The summed E-state index contributed by atoms with van der Waals surface area (Å²) >= 11 is 5.86. The monoisotopic (exact) mass is 196 g/mol. The van der Waals surface area contributed by atoms with E-state index in [4.69, 9.17) is 22.7 Å². The summed E-state index contributed by atoms with van der Waals surface area (Å²) in [6, 6.07) is 0. The van der Waals surface area contributed by atoms with Crippen molar-refractivity contribution in [1.29, 1.82) is 5.41 Å². The molecule has 0 aromatic carbocycles. The third-order valence-electron chi connectivity index (χ3n) is 1.52. The van der Waals surface area contributed by atoms with Crippen LogP contribution in [0.1, 0.15) is 5.69 Å². The lowest BCUT2D eigenvalue weighted by molar-refractivity contribution is 0.966. The number of aromatic nitrogens is 4. The second-order valence-corrected chi connectivity index (χ2v) is 2.71. The summed E-state index contributed by atoms with van der Waals surface area (Å²) in [5.41, 5.74) is 5.48. The number of halogens is 1. The molecule has 0 aliphatic rings. The number of hydrogen-bond acceptors (Lipinski definition) is 4. The van der Waals surface area contributed by atoms with Gasteiger partial charge in [0.1, 0.15) is 16.7 Å². The van der Waals surface area contributed by atoms with Crippen molar-refractivity contribution in [2.75, 3.05) is 0 Å². The molecule has 13 heavy (non-hydrogen) atoms. The zero-order valence-electron chi connectivity index (χ0n) is 6.40. The van der Waals surface area contributed by atoms with Gasteiger partial charge >= 0.3 is 0 Å². The Bertz CT molecular complexity index is 475. The lowest BCUT2D eigenvalue weighted by Crippen LogP contribution is -2.11. The Hall–Kier alpha value is -1.69. The van der Waals surface area contributed by atoms with Gasteiger partial charge in [-0.05, 0) is 0 Å². The van der Waals surface area contributed by atoms with Crippen molar-refractivity contribution in [2.45, 2.75) is 0 Å². The maximum absolute atomic E-state index is 7.18. The molecular formula is C6H5ClN6. The number of nitrogens with one attached hydrogen (secondary N) is 1. The van der Waals surface area contributed by atoms with Crippen molar-refractivity contribution in [3.05, 3.63) is 23.2 Å². The summed E-state index contributed by atoms with van der Waals surface area (Å²) in [4.78, 5) is 3.92. The molecule has 2 rings (SSSR count). The van der Waals surface area contributed by atoms with E-state index in [1.165, 1.54) is 10.6 Å². The highest BCUT2D eigenvalue weighted by Gasteiger charge is 2.12. The molecule has 6 nitrogen and oxygen atoms in total. The van der Waals surface area contributed by atoms with Gasteiger partial charge in [0.2, 0.25) is 0 Å². The van der Waals surface area contributed by atoms with Crippen molar-refractivity contribution < 1.29 is 0 Å². The number of fused-ring (bicyclic) bond motifs is 1. The molecule has 0 aliphatic carbocycles. The van der Waals surface area contributed by atoms with Crippen LogP contribution in [0.5, 0.6) is 0 Å². The summed E-state index contributed by atoms with van der Waals surface area (Å²) in [6.07, 6.45) is 3.08. The van der Waals surface area contributed by atoms with Gasteiger partial charge in [-0.25, -0.2) is 4.98 Å². The van der Waals surface area contributed by atoms with Gasteiger partial charge in [0.25, 0.3) is 5.78 Å². The minimum Gasteiger partial charge on any atom is -0.382 e. The summed E-state index contributed by atoms with van der Waals surface area (Å²) in [7, 11) is 0. The Morgan fingerprint density at radius 2 is 2.38 bits per heavy atom. The predicted octanol–water partition coefficient (Wildman–Crippen LogP) is 0.0618. The first-order valence-electron chi connectivity index (χ1n) is 3.40. The number of nitrogen functional groups attached to an aromatic ring is 1. The van der Waals surface area contributed by atoms with Crippen molar-refractivity contribution in [3.8, 4) is 0 Å². The average molecular weight is 197 g/mol. The van der Waals surface area contributed by atoms with Crippen LogP contribution in [0.15, 0.2) is 12.4 Å². The molecule has 0 aliphatic heterocycles. The van der Waals surface area contributed by atoms with E-state index in [1.807, 2.05) is 0 Å². The molecular weight excluding hydrogens is 192 g/mol. The van der Waals surface area contributed by atoms with Gasteiger partial charge in [0.05, 0.1) is 6.20 Å². The van der Waals surface area contributed by atoms with E-state index in [9.17, 15) is 0 Å². The maximum Gasteiger partial charge on any atom is 0.255 e. The predicted molar refractivity (Wildman–Crippen MR) is 46.8 cm³/mol. The molecule has 2 aromatic heterocycles. The minimum atomic E-state index is -0.185. The van der Waals surface area contributed by atoms with Crippen LogP contribution in [0.2, 0.25) is 5.15 Å². The van der Waals surface area contributed by atoms with Gasteiger partial charge in [-0.15, -0.1) is 5.10 Å². The highest BCUT2D eigenvalue weighted by atomic mass is 35.5. The van der Waals surface area contributed by atoms with Crippen LogP contribution >= 0.6 is 11.6 Å². The van der Waals surface area contributed by atoms with Gasteiger partial charge in [-0.3, -0.25) is 9.81 Å². The Morgan fingerprint density at radius 3 is 3.00 bits per heavy atom. The van der Waals surface area contributed by atoms with Crippen molar-refractivity contribution in [3.63, 3.8) is 0 Å². The lowest BCUT2D eigenvalue weighted by Gasteiger charge is -1.91. The van der Waals surface area contributed by atoms with Crippen molar-refractivity contribution in [1.82, 2.24) is 19.6 Å². The van der Waals surface area contributed by atoms with E-state index < -0.39 is 0 Å². The molecule has 0 saturated carbocycles. The molecule has 7 heteroatoms. The molecule has 0 fully saturated rings. The third kappa shape index (κ3) is 1.11. The Kier molecular flexibility index (Phi) is 1.63. The molecule has 66 valence electrons. The first-order chi connectivity index (χ1) is 6.20. The number of nitrogens with zero attached hydrogens (tertiary/aromatic N) is 4. The number of amidine groups is 1. The zero-order chi connectivity index (χ0) is 9.42. The third-order valence-corrected chi connectivity index (χ3v) is 1.88. The minimum absolute atomic E-state index is 0.185. The van der Waals surface area contributed by atoms with Crippen LogP contribution < -0.4 is 5.73 Å². The SMILES string of the molecule is N=C(N)c1nc2nnccn2c1Cl. The Balaban J connectivity index is 2.81. The van der Waals surface area contributed by atoms with Gasteiger partial charge < -0.3 is 5.73 Å². The summed E-state index contributed by atoms with van der Waals surface area (Å²) in [5.74, 6) is 0.146. The summed E-state index contributed by atoms with van der Waals surface area (Å²) < 4.78 is 1.51. The fourth-order valence-corrected chi connectivity index (χ4v) is 1.23. The molecule has 0 spiro atoms.